The van der Waals surface area contributed by atoms with Gasteiger partial charge in [0.25, 0.3) is 0 Å². The maximum Gasteiger partial charge on any atom is 0.242 e. The molecule has 1 aliphatic carbocycles. The van der Waals surface area contributed by atoms with E-state index in [-0.39, 0.29) is 17.7 Å². The highest BCUT2D eigenvalue weighted by Crippen LogP contribution is 2.28. The predicted molar refractivity (Wildman–Crippen MR) is 90.6 cm³/mol. The van der Waals surface area contributed by atoms with Crippen LogP contribution in [0.5, 0.6) is 0 Å². The number of likely N-dealkylation sites (N-methyl/N-ethyl adjacent to an activating group) is 1. The van der Waals surface area contributed by atoms with Crippen LogP contribution in [-0.4, -0.2) is 31.4 Å². The first-order chi connectivity index (χ1) is 11.1. The maximum atomic E-state index is 12.5. The first-order valence-electron chi connectivity index (χ1n) is 8.40. The zero-order valence-corrected chi connectivity index (χ0v) is 13.8. The van der Waals surface area contributed by atoms with E-state index in [2.05, 4.69) is 10.6 Å². The fourth-order valence-electron chi connectivity index (χ4n) is 3.18. The molecule has 0 aromatic heterocycles. The normalized spacial score (nSPS) is 22.2. The molecule has 0 unspecified atom stereocenters. The second-order valence-corrected chi connectivity index (χ2v) is 6.32. The lowest BCUT2D eigenvalue weighted by Crippen LogP contribution is -2.49. The molecule has 4 N–H and O–H groups in total. The fourth-order valence-corrected chi connectivity index (χ4v) is 3.18. The Labute approximate surface area is 138 Å². The molecule has 1 saturated carbocycles. The van der Waals surface area contributed by atoms with Crippen LogP contribution < -0.4 is 16.4 Å². The van der Waals surface area contributed by atoms with Gasteiger partial charge in [-0.15, -0.1) is 0 Å². The quantitative estimate of drug-likeness (QED) is 0.738. The Bertz CT molecular complexity index is 510. The van der Waals surface area contributed by atoms with Crippen molar-refractivity contribution in [1.29, 1.82) is 0 Å². The summed E-state index contributed by atoms with van der Waals surface area (Å²) in [6.45, 7) is 0.698. The van der Waals surface area contributed by atoms with Crippen molar-refractivity contribution >= 4 is 11.8 Å². The fraction of sp³-hybridized carbons (Fsp3) is 0.556. The molecule has 2 amide bonds. The molecule has 126 valence electrons. The number of nitrogens with one attached hydrogen (secondary N) is 2. The van der Waals surface area contributed by atoms with Gasteiger partial charge in [-0.2, -0.15) is 0 Å². The van der Waals surface area contributed by atoms with Crippen LogP contribution >= 0.6 is 0 Å². The Morgan fingerprint density at radius 1 is 1.17 bits per heavy atom. The van der Waals surface area contributed by atoms with E-state index in [1.165, 1.54) is 0 Å². The zero-order valence-electron chi connectivity index (χ0n) is 13.8. The molecule has 1 aromatic rings. The van der Waals surface area contributed by atoms with Gasteiger partial charge >= 0.3 is 0 Å². The summed E-state index contributed by atoms with van der Waals surface area (Å²) in [7, 11) is 1.60. The third kappa shape index (κ3) is 5.06. The number of benzene rings is 1. The summed E-state index contributed by atoms with van der Waals surface area (Å²) in [5.41, 5.74) is 6.73. The summed E-state index contributed by atoms with van der Waals surface area (Å²) in [5, 5.41) is 5.58. The molecule has 0 aliphatic heterocycles. The molecular weight excluding hydrogens is 290 g/mol. The minimum absolute atomic E-state index is 0.000675. The molecule has 0 saturated heterocycles. The van der Waals surface area contributed by atoms with E-state index in [4.69, 9.17) is 5.73 Å². The third-order valence-electron chi connectivity index (χ3n) is 4.71. The van der Waals surface area contributed by atoms with E-state index in [0.29, 0.717) is 18.9 Å². The predicted octanol–water partition coefficient (Wildman–Crippen LogP) is 1.22. The van der Waals surface area contributed by atoms with Crippen molar-refractivity contribution in [2.24, 2.45) is 17.6 Å². The molecule has 0 heterocycles. The first-order valence-corrected chi connectivity index (χ1v) is 8.40. The van der Waals surface area contributed by atoms with Gasteiger partial charge in [0.05, 0.1) is 0 Å². The number of hydrogen-bond acceptors (Lipinski definition) is 3. The molecule has 1 aromatic carbocycles. The van der Waals surface area contributed by atoms with Gasteiger partial charge in [-0.25, -0.2) is 0 Å². The number of rotatable bonds is 6. The van der Waals surface area contributed by atoms with Gasteiger partial charge in [-0.1, -0.05) is 30.3 Å². The minimum atomic E-state index is -0.526. The number of carbonyl (C=O) groups is 2. The average Bonchev–Trinajstić information content (AvgIpc) is 2.61. The largest absolute Gasteiger partial charge is 0.357 e. The van der Waals surface area contributed by atoms with E-state index < -0.39 is 6.04 Å². The summed E-state index contributed by atoms with van der Waals surface area (Å²) in [4.78, 5) is 24.6. The van der Waals surface area contributed by atoms with Gasteiger partial charge in [0.15, 0.2) is 0 Å². The molecule has 1 fully saturated rings. The number of carbonyl (C=O) groups excluding carboxylic acids is 2. The molecule has 1 aliphatic rings. The summed E-state index contributed by atoms with van der Waals surface area (Å²) in [5.74, 6) is 0.377. The number of nitrogens with two attached hydrogens (primary N) is 1. The summed E-state index contributed by atoms with van der Waals surface area (Å²) < 4.78 is 0. The minimum Gasteiger partial charge on any atom is -0.357 e. The van der Waals surface area contributed by atoms with Crippen LogP contribution in [0.25, 0.3) is 0 Å². The van der Waals surface area contributed by atoms with Crippen LogP contribution in [0.3, 0.4) is 0 Å². The van der Waals surface area contributed by atoms with Crippen molar-refractivity contribution in [2.75, 3.05) is 13.6 Å². The van der Waals surface area contributed by atoms with Crippen LogP contribution in [0, 0.1) is 11.8 Å². The van der Waals surface area contributed by atoms with Gasteiger partial charge in [0.2, 0.25) is 11.8 Å². The monoisotopic (exact) mass is 317 g/mol. The van der Waals surface area contributed by atoms with E-state index in [9.17, 15) is 9.59 Å². The molecule has 0 bridgehead atoms. The van der Waals surface area contributed by atoms with Crippen LogP contribution in [0.15, 0.2) is 30.3 Å². The van der Waals surface area contributed by atoms with E-state index in [1.807, 2.05) is 30.3 Å². The molecule has 0 spiro atoms. The summed E-state index contributed by atoms with van der Waals surface area (Å²) in [6.07, 6.45) is 4.22. The smallest absolute Gasteiger partial charge is 0.242 e. The number of amides is 2. The van der Waals surface area contributed by atoms with Crippen molar-refractivity contribution in [3.05, 3.63) is 35.9 Å². The van der Waals surface area contributed by atoms with Gasteiger partial charge in [-0.3, -0.25) is 9.59 Å². The highest BCUT2D eigenvalue weighted by atomic mass is 16.2. The Morgan fingerprint density at radius 2 is 1.83 bits per heavy atom. The maximum absolute atomic E-state index is 12.5. The molecule has 23 heavy (non-hydrogen) atoms. The second kappa shape index (κ2) is 8.67. The van der Waals surface area contributed by atoms with Crippen molar-refractivity contribution in [2.45, 2.75) is 38.1 Å². The first kappa shape index (κ1) is 17.5. The summed E-state index contributed by atoms with van der Waals surface area (Å²) in [6, 6.07) is 9.22. The molecule has 1 atom stereocenters. The van der Waals surface area contributed by atoms with E-state index in [0.717, 1.165) is 31.2 Å². The molecule has 5 heteroatoms. The Kier molecular flexibility index (Phi) is 6.59. The molecule has 2 rings (SSSR count). The lowest BCUT2D eigenvalue weighted by atomic mass is 9.81. The number of hydrogen-bond donors (Lipinski definition) is 3. The van der Waals surface area contributed by atoms with Crippen molar-refractivity contribution in [3.63, 3.8) is 0 Å². The van der Waals surface area contributed by atoms with Gasteiger partial charge in [0, 0.05) is 19.4 Å². The van der Waals surface area contributed by atoms with E-state index >= 15 is 0 Å². The lowest BCUT2D eigenvalue weighted by Gasteiger charge is -2.28. The standard InChI is InChI=1S/C18H27N3O2/c1-20-18(23)16(11-13-5-3-2-4-6-13)21-17(22)15-9-7-14(12-19)8-10-15/h2-6,14-16H,7-12,19H2,1H3,(H,20,23)(H,21,22)/t14?,15?,16-/m0/s1. The van der Waals surface area contributed by atoms with Gasteiger partial charge in [-0.05, 0) is 43.7 Å². The summed E-state index contributed by atoms with van der Waals surface area (Å²) >= 11 is 0. The molecule has 5 nitrogen and oxygen atoms in total. The highest BCUT2D eigenvalue weighted by molar-refractivity contribution is 5.88. The highest BCUT2D eigenvalue weighted by Gasteiger charge is 2.28. The molecular formula is C18H27N3O2. The van der Waals surface area contributed by atoms with Crippen LogP contribution in [0.4, 0.5) is 0 Å². The Hall–Kier alpha value is -1.88. The van der Waals surface area contributed by atoms with Crippen LogP contribution in [0.1, 0.15) is 31.2 Å². The average molecular weight is 317 g/mol. The SMILES string of the molecule is CNC(=O)[C@H](Cc1ccccc1)NC(=O)C1CCC(CN)CC1. The van der Waals surface area contributed by atoms with Crippen LogP contribution in [0.2, 0.25) is 0 Å². The topological polar surface area (TPSA) is 84.2 Å². The Balaban J connectivity index is 1.95. The third-order valence-corrected chi connectivity index (χ3v) is 4.71. The van der Waals surface area contributed by atoms with Crippen molar-refractivity contribution in [3.8, 4) is 0 Å². The van der Waals surface area contributed by atoms with E-state index in [1.54, 1.807) is 7.05 Å². The molecule has 0 radical (unpaired) electrons. The van der Waals surface area contributed by atoms with Gasteiger partial charge in [0.1, 0.15) is 6.04 Å². The van der Waals surface area contributed by atoms with Gasteiger partial charge < -0.3 is 16.4 Å². The zero-order chi connectivity index (χ0) is 16.7. The second-order valence-electron chi connectivity index (χ2n) is 6.32. The van der Waals surface area contributed by atoms with Crippen LogP contribution in [-0.2, 0) is 16.0 Å². The lowest BCUT2D eigenvalue weighted by molar-refractivity contribution is -0.131. The van der Waals surface area contributed by atoms with Crippen molar-refractivity contribution in [1.82, 2.24) is 10.6 Å². The Morgan fingerprint density at radius 3 is 2.39 bits per heavy atom. The van der Waals surface area contributed by atoms with Crippen molar-refractivity contribution < 1.29 is 9.59 Å².